The normalized spacial score (nSPS) is 17.6. The van der Waals surface area contributed by atoms with E-state index in [1.165, 1.54) is 5.56 Å². The topological polar surface area (TPSA) is 50.3 Å². The Labute approximate surface area is 137 Å². The number of anilines is 1. The van der Waals surface area contributed by atoms with Crippen LogP contribution in [0.3, 0.4) is 0 Å². The third-order valence-corrected chi connectivity index (χ3v) is 4.12. The first-order chi connectivity index (χ1) is 11.3. The molecule has 5 heteroatoms. The lowest BCUT2D eigenvalue weighted by molar-refractivity contribution is 0.0675. The molecule has 122 valence electrons. The highest BCUT2D eigenvalue weighted by Crippen LogP contribution is 2.19. The highest BCUT2D eigenvalue weighted by Gasteiger charge is 2.20. The van der Waals surface area contributed by atoms with E-state index >= 15 is 0 Å². The van der Waals surface area contributed by atoms with Crippen molar-refractivity contribution in [2.24, 2.45) is 0 Å². The van der Waals surface area contributed by atoms with Crippen molar-refractivity contribution in [2.45, 2.75) is 32.0 Å². The molecular weight excluding hydrogens is 288 g/mol. The summed E-state index contributed by atoms with van der Waals surface area (Å²) in [6, 6.07) is 10.2. The molecule has 1 saturated heterocycles. The molecule has 3 heterocycles. The molecule has 1 fully saturated rings. The molecule has 1 aliphatic heterocycles. The summed E-state index contributed by atoms with van der Waals surface area (Å²) < 4.78 is 5.82. The van der Waals surface area contributed by atoms with Gasteiger partial charge in [0.15, 0.2) is 0 Å². The van der Waals surface area contributed by atoms with Gasteiger partial charge in [0.2, 0.25) is 0 Å². The van der Waals surface area contributed by atoms with Gasteiger partial charge >= 0.3 is 0 Å². The highest BCUT2D eigenvalue weighted by atomic mass is 16.5. The van der Waals surface area contributed by atoms with E-state index < -0.39 is 0 Å². The molecule has 2 aromatic rings. The summed E-state index contributed by atoms with van der Waals surface area (Å²) in [6.45, 7) is 3.46. The van der Waals surface area contributed by atoms with Crippen LogP contribution in [0.1, 0.15) is 24.1 Å². The van der Waals surface area contributed by atoms with Gasteiger partial charge in [-0.3, -0.25) is 9.88 Å². The molecule has 5 nitrogen and oxygen atoms in total. The van der Waals surface area contributed by atoms with Crippen molar-refractivity contribution < 1.29 is 4.74 Å². The summed E-state index contributed by atoms with van der Waals surface area (Å²) in [6.07, 6.45) is 6.30. The molecule has 23 heavy (non-hydrogen) atoms. The molecule has 3 rings (SSSR count). The minimum Gasteiger partial charge on any atom is -0.377 e. The molecule has 0 aliphatic carbocycles. The Morgan fingerprint density at radius 1 is 1.17 bits per heavy atom. The number of nitrogens with zero attached hydrogens (tertiary/aromatic N) is 3. The van der Waals surface area contributed by atoms with Crippen LogP contribution in [0.4, 0.5) is 5.82 Å². The quantitative estimate of drug-likeness (QED) is 0.852. The lowest BCUT2D eigenvalue weighted by Gasteiger charge is -2.25. The molecule has 0 spiro atoms. The predicted octanol–water partition coefficient (Wildman–Crippen LogP) is 2.70. The number of rotatable bonds is 7. The summed E-state index contributed by atoms with van der Waals surface area (Å²) in [4.78, 5) is 11.3. The Morgan fingerprint density at radius 2 is 2.09 bits per heavy atom. The van der Waals surface area contributed by atoms with Crippen LogP contribution in [-0.4, -0.2) is 41.2 Å². The van der Waals surface area contributed by atoms with Crippen molar-refractivity contribution in [3.63, 3.8) is 0 Å². The predicted molar refractivity (Wildman–Crippen MR) is 91.1 cm³/mol. The van der Waals surface area contributed by atoms with Crippen LogP contribution >= 0.6 is 0 Å². The molecule has 0 saturated carbocycles. The zero-order valence-corrected chi connectivity index (χ0v) is 13.6. The maximum Gasteiger partial charge on any atom is 0.130 e. The fourth-order valence-electron chi connectivity index (χ4n) is 3.01. The van der Waals surface area contributed by atoms with Crippen molar-refractivity contribution in [3.05, 3.63) is 54.0 Å². The third-order valence-electron chi connectivity index (χ3n) is 4.12. The second-order valence-electron chi connectivity index (χ2n) is 5.89. The lowest BCUT2D eigenvalue weighted by atomic mass is 10.2. The molecule has 1 unspecified atom stereocenters. The SMILES string of the molecule is CNc1ncccc1CN(Cc1ccccn1)CC1CCCO1. The van der Waals surface area contributed by atoms with Gasteiger partial charge in [-0.2, -0.15) is 0 Å². The van der Waals surface area contributed by atoms with E-state index in [0.29, 0.717) is 6.10 Å². The van der Waals surface area contributed by atoms with Gasteiger partial charge in [-0.1, -0.05) is 12.1 Å². The zero-order chi connectivity index (χ0) is 15.9. The average Bonchev–Trinajstić information content (AvgIpc) is 3.09. The summed E-state index contributed by atoms with van der Waals surface area (Å²) in [5.74, 6) is 0.936. The Kier molecular flexibility index (Phi) is 5.56. The maximum absolute atomic E-state index is 5.82. The van der Waals surface area contributed by atoms with Crippen molar-refractivity contribution in [2.75, 3.05) is 25.5 Å². The first kappa shape index (κ1) is 15.9. The van der Waals surface area contributed by atoms with Gasteiger partial charge in [-0.15, -0.1) is 0 Å². The van der Waals surface area contributed by atoms with Crippen LogP contribution in [0.2, 0.25) is 0 Å². The van der Waals surface area contributed by atoms with E-state index in [2.05, 4.69) is 32.3 Å². The van der Waals surface area contributed by atoms with E-state index in [0.717, 1.165) is 50.6 Å². The van der Waals surface area contributed by atoms with Crippen molar-refractivity contribution in [1.82, 2.24) is 14.9 Å². The van der Waals surface area contributed by atoms with Crippen molar-refractivity contribution in [1.29, 1.82) is 0 Å². The molecule has 0 amide bonds. The molecular formula is C18H24N4O. The van der Waals surface area contributed by atoms with Crippen LogP contribution < -0.4 is 5.32 Å². The van der Waals surface area contributed by atoms with Crippen molar-refractivity contribution in [3.8, 4) is 0 Å². The first-order valence-corrected chi connectivity index (χ1v) is 8.20. The summed E-state index contributed by atoms with van der Waals surface area (Å²) in [7, 11) is 1.91. The summed E-state index contributed by atoms with van der Waals surface area (Å²) >= 11 is 0. The second kappa shape index (κ2) is 8.04. The largest absolute Gasteiger partial charge is 0.377 e. The van der Waals surface area contributed by atoms with Gasteiger partial charge in [0.05, 0.1) is 11.8 Å². The monoisotopic (exact) mass is 312 g/mol. The molecule has 0 bridgehead atoms. The molecule has 1 N–H and O–H groups in total. The smallest absolute Gasteiger partial charge is 0.130 e. The van der Waals surface area contributed by atoms with E-state index in [1.54, 1.807) is 0 Å². The van der Waals surface area contributed by atoms with Gasteiger partial charge < -0.3 is 10.1 Å². The van der Waals surface area contributed by atoms with E-state index in [-0.39, 0.29) is 0 Å². The number of ether oxygens (including phenoxy) is 1. The van der Waals surface area contributed by atoms with Crippen LogP contribution in [0, 0.1) is 0 Å². The van der Waals surface area contributed by atoms with Crippen LogP contribution in [0.25, 0.3) is 0 Å². The Balaban J connectivity index is 1.73. The standard InChI is InChI=1S/C18H24N4O/c1-19-18-15(6-4-10-21-18)12-22(14-17-8-5-11-23-17)13-16-7-2-3-9-20-16/h2-4,6-7,9-10,17H,5,8,11-14H2,1H3,(H,19,21). The van der Waals surface area contributed by atoms with Crippen molar-refractivity contribution >= 4 is 5.82 Å². The molecule has 2 aromatic heterocycles. The van der Waals surface area contributed by atoms with Gasteiger partial charge in [0.25, 0.3) is 0 Å². The molecule has 1 aliphatic rings. The lowest BCUT2D eigenvalue weighted by Crippen LogP contribution is -2.32. The van der Waals surface area contributed by atoms with Crippen LogP contribution in [-0.2, 0) is 17.8 Å². The minimum absolute atomic E-state index is 0.327. The van der Waals surface area contributed by atoms with Crippen LogP contribution in [0.5, 0.6) is 0 Å². The highest BCUT2D eigenvalue weighted by molar-refractivity contribution is 5.42. The number of hydrogen-bond acceptors (Lipinski definition) is 5. The second-order valence-corrected chi connectivity index (χ2v) is 5.89. The summed E-state index contributed by atoms with van der Waals surface area (Å²) in [5.41, 5.74) is 2.28. The number of hydrogen-bond donors (Lipinski definition) is 1. The summed E-state index contributed by atoms with van der Waals surface area (Å²) in [5, 5.41) is 3.17. The molecule has 0 aromatic carbocycles. The Hall–Kier alpha value is -1.98. The van der Waals surface area contributed by atoms with E-state index in [4.69, 9.17) is 4.74 Å². The Morgan fingerprint density at radius 3 is 2.83 bits per heavy atom. The zero-order valence-electron chi connectivity index (χ0n) is 13.6. The van der Waals surface area contributed by atoms with Crippen LogP contribution in [0.15, 0.2) is 42.7 Å². The fraction of sp³-hybridized carbons (Fsp3) is 0.444. The molecule has 1 atom stereocenters. The van der Waals surface area contributed by atoms with Gasteiger partial charge in [-0.05, 0) is 31.0 Å². The number of aromatic nitrogens is 2. The third kappa shape index (κ3) is 4.50. The van der Waals surface area contributed by atoms with E-state index in [1.807, 2.05) is 37.6 Å². The Bertz CT molecular complexity index is 599. The molecule has 0 radical (unpaired) electrons. The number of nitrogens with one attached hydrogen (secondary N) is 1. The van der Waals surface area contributed by atoms with Gasteiger partial charge in [-0.25, -0.2) is 4.98 Å². The van der Waals surface area contributed by atoms with E-state index in [9.17, 15) is 0 Å². The fourth-order valence-corrected chi connectivity index (χ4v) is 3.01. The number of pyridine rings is 2. The average molecular weight is 312 g/mol. The minimum atomic E-state index is 0.327. The van der Waals surface area contributed by atoms with Gasteiger partial charge in [0.1, 0.15) is 5.82 Å². The maximum atomic E-state index is 5.82. The first-order valence-electron chi connectivity index (χ1n) is 8.20. The van der Waals surface area contributed by atoms with Gasteiger partial charge in [0, 0.05) is 51.2 Å².